The molecule has 2 nitrogen and oxygen atoms in total. The van der Waals surface area contributed by atoms with E-state index in [-0.39, 0.29) is 6.04 Å². The van der Waals surface area contributed by atoms with Gasteiger partial charge in [0.05, 0.1) is 6.04 Å². The summed E-state index contributed by atoms with van der Waals surface area (Å²) < 4.78 is 5.91. The van der Waals surface area contributed by atoms with Gasteiger partial charge in [0.1, 0.15) is 11.3 Å². The van der Waals surface area contributed by atoms with Gasteiger partial charge in [0.2, 0.25) is 0 Å². The minimum atomic E-state index is 0.212. The Morgan fingerprint density at radius 3 is 2.43 bits per heavy atom. The zero-order valence-corrected chi connectivity index (χ0v) is 12.5. The Morgan fingerprint density at radius 2 is 1.67 bits per heavy atom. The Balaban J connectivity index is 1.65. The standard InChI is InChI=1S/C19H21NO/c1-14(16-8-4-3-5-9-16)13-20-15(2)19-12-17-10-6-7-11-18(17)21-19/h3-12,14-15,20H,13H2,1-2H3. The average molecular weight is 279 g/mol. The number of nitrogens with one attached hydrogen (secondary N) is 1. The number of fused-ring (bicyclic) bond motifs is 1. The molecule has 2 heteroatoms. The Bertz CT molecular complexity index is 669. The molecular formula is C19H21NO. The van der Waals surface area contributed by atoms with Crippen LogP contribution in [0.2, 0.25) is 0 Å². The number of rotatable bonds is 5. The Kier molecular flexibility index (Phi) is 4.07. The molecule has 0 saturated heterocycles. The van der Waals surface area contributed by atoms with E-state index in [0.717, 1.165) is 23.3 Å². The van der Waals surface area contributed by atoms with Gasteiger partial charge >= 0.3 is 0 Å². The molecule has 21 heavy (non-hydrogen) atoms. The maximum atomic E-state index is 5.91. The Hall–Kier alpha value is -2.06. The quantitative estimate of drug-likeness (QED) is 0.719. The molecule has 3 aromatic rings. The zero-order valence-electron chi connectivity index (χ0n) is 12.5. The summed E-state index contributed by atoms with van der Waals surface area (Å²) in [5.74, 6) is 1.48. The lowest BCUT2D eigenvalue weighted by molar-refractivity contribution is 0.442. The van der Waals surface area contributed by atoms with E-state index in [1.807, 2.05) is 18.2 Å². The second kappa shape index (κ2) is 6.15. The second-order valence-corrected chi connectivity index (χ2v) is 5.63. The van der Waals surface area contributed by atoms with Gasteiger partial charge in [0, 0.05) is 11.9 Å². The third kappa shape index (κ3) is 3.17. The van der Waals surface area contributed by atoms with Gasteiger partial charge < -0.3 is 9.73 Å². The van der Waals surface area contributed by atoms with Crippen molar-refractivity contribution < 1.29 is 4.42 Å². The normalized spacial score (nSPS) is 14.2. The van der Waals surface area contributed by atoms with Crippen LogP contribution in [0.15, 0.2) is 65.1 Å². The third-order valence-electron chi connectivity index (χ3n) is 3.97. The maximum absolute atomic E-state index is 5.91. The molecule has 0 bridgehead atoms. The van der Waals surface area contributed by atoms with Crippen LogP contribution in [0.1, 0.15) is 37.1 Å². The lowest BCUT2D eigenvalue weighted by atomic mass is 10.0. The molecule has 2 aromatic carbocycles. The number of hydrogen-bond acceptors (Lipinski definition) is 2. The van der Waals surface area contributed by atoms with Crippen LogP contribution in [-0.4, -0.2) is 6.54 Å². The van der Waals surface area contributed by atoms with Gasteiger partial charge in [-0.2, -0.15) is 0 Å². The summed E-state index contributed by atoms with van der Waals surface area (Å²) in [5, 5.41) is 4.73. The van der Waals surface area contributed by atoms with E-state index in [1.165, 1.54) is 5.56 Å². The van der Waals surface area contributed by atoms with Gasteiger partial charge in [-0.25, -0.2) is 0 Å². The first-order valence-electron chi connectivity index (χ1n) is 7.51. The van der Waals surface area contributed by atoms with Crippen molar-refractivity contribution in [3.63, 3.8) is 0 Å². The van der Waals surface area contributed by atoms with E-state index < -0.39 is 0 Å². The van der Waals surface area contributed by atoms with Crippen LogP contribution in [0.5, 0.6) is 0 Å². The van der Waals surface area contributed by atoms with Crippen LogP contribution in [0.25, 0.3) is 11.0 Å². The maximum Gasteiger partial charge on any atom is 0.134 e. The SMILES string of the molecule is CC(CNC(C)c1cc2ccccc2o1)c1ccccc1. The van der Waals surface area contributed by atoms with Crippen LogP contribution in [-0.2, 0) is 0 Å². The van der Waals surface area contributed by atoms with E-state index in [0.29, 0.717) is 5.92 Å². The molecule has 0 spiro atoms. The smallest absolute Gasteiger partial charge is 0.134 e. The van der Waals surface area contributed by atoms with Gasteiger partial charge in [-0.3, -0.25) is 0 Å². The minimum Gasteiger partial charge on any atom is -0.459 e. The molecule has 0 saturated carbocycles. The number of benzene rings is 2. The topological polar surface area (TPSA) is 25.2 Å². The van der Waals surface area contributed by atoms with E-state index in [4.69, 9.17) is 4.42 Å². The molecule has 0 fully saturated rings. The summed E-state index contributed by atoms with van der Waals surface area (Å²) in [6.45, 7) is 5.32. The first-order valence-corrected chi connectivity index (χ1v) is 7.51. The van der Waals surface area contributed by atoms with Crippen LogP contribution in [0.4, 0.5) is 0 Å². The first-order chi connectivity index (χ1) is 10.2. The van der Waals surface area contributed by atoms with Gasteiger partial charge in [-0.15, -0.1) is 0 Å². The predicted octanol–water partition coefficient (Wildman–Crippen LogP) is 4.89. The lowest BCUT2D eigenvalue weighted by Gasteiger charge is -2.16. The van der Waals surface area contributed by atoms with Crippen molar-refractivity contribution in [1.29, 1.82) is 0 Å². The summed E-state index contributed by atoms with van der Waals surface area (Å²) in [6.07, 6.45) is 0. The van der Waals surface area contributed by atoms with Crippen LogP contribution >= 0.6 is 0 Å². The summed E-state index contributed by atoms with van der Waals surface area (Å²) in [7, 11) is 0. The van der Waals surface area contributed by atoms with Crippen LogP contribution < -0.4 is 5.32 Å². The highest BCUT2D eigenvalue weighted by Gasteiger charge is 2.12. The zero-order chi connectivity index (χ0) is 14.7. The highest BCUT2D eigenvalue weighted by atomic mass is 16.3. The van der Waals surface area contributed by atoms with E-state index >= 15 is 0 Å². The molecule has 0 amide bonds. The van der Waals surface area contributed by atoms with Gasteiger partial charge in [0.25, 0.3) is 0 Å². The van der Waals surface area contributed by atoms with E-state index in [2.05, 4.69) is 61.6 Å². The molecule has 2 unspecified atom stereocenters. The van der Waals surface area contributed by atoms with Crippen molar-refractivity contribution in [3.8, 4) is 0 Å². The Morgan fingerprint density at radius 1 is 0.952 bits per heavy atom. The van der Waals surface area contributed by atoms with E-state index in [1.54, 1.807) is 0 Å². The van der Waals surface area contributed by atoms with Crippen LogP contribution in [0, 0.1) is 0 Å². The highest BCUT2D eigenvalue weighted by molar-refractivity contribution is 5.77. The summed E-state index contributed by atoms with van der Waals surface area (Å²) >= 11 is 0. The molecule has 1 N–H and O–H groups in total. The second-order valence-electron chi connectivity index (χ2n) is 5.63. The largest absolute Gasteiger partial charge is 0.459 e. The molecular weight excluding hydrogens is 258 g/mol. The molecule has 0 radical (unpaired) electrons. The van der Waals surface area contributed by atoms with Gasteiger partial charge in [-0.05, 0) is 30.5 Å². The predicted molar refractivity (Wildman–Crippen MR) is 87.5 cm³/mol. The highest BCUT2D eigenvalue weighted by Crippen LogP contribution is 2.24. The fourth-order valence-corrected chi connectivity index (χ4v) is 2.57. The number of furan rings is 1. The summed E-state index contributed by atoms with van der Waals surface area (Å²) in [4.78, 5) is 0. The fraction of sp³-hybridized carbons (Fsp3) is 0.263. The van der Waals surface area contributed by atoms with Crippen molar-refractivity contribution in [2.24, 2.45) is 0 Å². The molecule has 0 aliphatic rings. The lowest BCUT2D eigenvalue weighted by Crippen LogP contribution is -2.23. The molecule has 0 aliphatic heterocycles. The van der Waals surface area contributed by atoms with Gasteiger partial charge in [0.15, 0.2) is 0 Å². The summed E-state index contributed by atoms with van der Waals surface area (Å²) in [5.41, 5.74) is 2.32. The average Bonchev–Trinajstić information content (AvgIpc) is 2.97. The minimum absolute atomic E-state index is 0.212. The molecule has 2 atom stereocenters. The molecule has 1 aromatic heterocycles. The van der Waals surface area contributed by atoms with Crippen molar-refractivity contribution in [2.75, 3.05) is 6.54 Å². The third-order valence-corrected chi connectivity index (χ3v) is 3.97. The monoisotopic (exact) mass is 279 g/mol. The van der Waals surface area contributed by atoms with Gasteiger partial charge in [-0.1, -0.05) is 55.5 Å². The van der Waals surface area contributed by atoms with Crippen LogP contribution in [0.3, 0.4) is 0 Å². The molecule has 108 valence electrons. The van der Waals surface area contributed by atoms with Crippen molar-refractivity contribution in [2.45, 2.75) is 25.8 Å². The van der Waals surface area contributed by atoms with Crippen molar-refractivity contribution in [1.82, 2.24) is 5.32 Å². The summed E-state index contributed by atoms with van der Waals surface area (Å²) in [6, 6.07) is 21.1. The first kappa shape index (κ1) is 13.9. The number of para-hydroxylation sites is 1. The fourth-order valence-electron chi connectivity index (χ4n) is 2.57. The number of hydrogen-bond donors (Lipinski definition) is 1. The molecule has 0 aliphatic carbocycles. The molecule has 1 heterocycles. The van der Waals surface area contributed by atoms with Crippen molar-refractivity contribution in [3.05, 3.63) is 72.0 Å². The van der Waals surface area contributed by atoms with Crippen molar-refractivity contribution >= 4 is 11.0 Å². The Labute approximate surface area is 125 Å². The molecule has 3 rings (SSSR count). The van der Waals surface area contributed by atoms with E-state index in [9.17, 15) is 0 Å².